The molecule has 98 valence electrons. The fourth-order valence-corrected chi connectivity index (χ4v) is 3.62. The third-order valence-corrected chi connectivity index (χ3v) is 4.71. The van der Waals surface area contributed by atoms with E-state index in [0.717, 1.165) is 10.6 Å². The molecule has 0 saturated heterocycles. The highest BCUT2D eigenvalue weighted by Crippen LogP contribution is 2.44. The first-order chi connectivity index (χ1) is 9.79. The van der Waals surface area contributed by atoms with Gasteiger partial charge in [0.15, 0.2) is 0 Å². The van der Waals surface area contributed by atoms with Crippen LogP contribution in [0.1, 0.15) is 5.56 Å². The van der Waals surface area contributed by atoms with E-state index in [4.69, 9.17) is 5.73 Å². The highest BCUT2D eigenvalue weighted by atomic mass is 32.2. The van der Waals surface area contributed by atoms with Gasteiger partial charge in [0.2, 0.25) is 5.95 Å². The fourth-order valence-electron chi connectivity index (χ4n) is 2.04. The summed E-state index contributed by atoms with van der Waals surface area (Å²) in [6.45, 7) is 0. The second kappa shape index (κ2) is 5.19. The first kappa shape index (κ1) is 12.5. The van der Waals surface area contributed by atoms with E-state index in [1.54, 1.807) is 0 Å². The molecule has 0 spiro atoms. The Labute approximate surface area is 119 Å². The summed E-state index contributed by atoms with van der Waals surface area (Å²) >= 11 is 0. The SMILES string of the molecule is N#Cc1c(-c2ccccc2)nc(N)nc1[SH]1C=CC=C1. The van der Waals surface area contributed by atoms with Crippen molar-refractivity contribution in [3.8, 4) is 17.3 Å². The average molecular weight is 280 g/mol. The van der Waals surface area contributed by atoms with Crippen molar-refractivity contribution < 1.29 is 0 Å². The van der Waals surface area contributed by atoms with Crippen molar-refractivity contribution in [2.24, 2.45) is 0 Å². The fraction of sp³-hybridized carbons (Fsp3) is 0. The Morgan fingerprint density at radius 2 is 1.75 bits per heavy atom. The summed E-state index contributed by atoms with van der Waals surface area (Å²) in [5, 5.41) is 14.3. The van der Waals surface area contributed by atoms with E-state index < -0.39 is 10.9 Å². The number of nitriles is 1. The standard InChI is InChI=1S/C15H12N4S/c16-10-12-13(11-6-2-1-3-7-11)18-15(17)19-14(12)20-8-4-5-9-20/h1-9,20H,(H2,17,18,19). The highest BCUT2D eigenvalue weighted by Gasteiger charge is 2.18. The van der Waals surface area contributed by atoms with Gasteiger partial charge in [-0.2, -0.15) is 16.2 Å². The molecule has 0 atom stereocenters. The third-order valence-electron chi connectivity index (χ3n) is 2.92. The normalized spacial score (nSPS) is 14.4. The summed E-state index contributed by atoms with van der Waals surface area (Å²) in [4.78, 5) is 8.54. The zero-order valence-corrected chi connectivity index (χ0v) is 11.5. The Balaban J connectivity index is 2.23. The summed E-state index contributed by atoms with van der Waals surface area (Å²) < 4.78 is 0. The predicted octanol–water partition coefficient (Wildman–Crippen LogP) is 3.00. The Bertz CT molecular complexity index is 732. The molecule has 0 amide bonds. The van der Waals surface area contributed by atoms with Gasteiger partial charge in [0.1, 0.15) is 16.7 Å². The van der Waals surface area contributed by atoms with E-state index in [1.165, 1.54) is 0 Å². The van der Waals surface area contributed by atoms with Crippen molar-refractivity contribution in [3.05, 3.63) is 58.9 Å². The first-order valence-corrected chi connectivity index (χ1v) is 7.54. The van der Waals surface area contributed by atoms with Gasteiger partial charge in [-0.25, -0.2) is 9.97 Å². The van der Waals surface area contributed by atoms with Gasteiger partial charge in [-0.15, -0.1) is 0 Å². The molecule has 5 heteroatoms. The van der Waals surface area contributed by atoms with Crippen LogP contribution in [0.15, 0.2) is 58.3 Å². The Morgan fingerprint density at radius 3 is 2.40 bits per heavy atom. The Kier molecular flexibility index (Phi) is 3.23. The van der Waals surface area contributed by atoms with Crippen molar-refractivity contribution in [2.45, 2.75) is 5.03 Å². The lowest BCUT2D eigenvalue weighted by atomic mass is 10.1. The molecule has 0 unspecified atom stereocenters. The van der Waals surface area contributed by atoms with Crippen LogP contribution in [0.5, 0.6) is 0 Å². The van der Waals surface area contributed by atoms with Crippen LogP contribution >= 0.6 is 10.9 Å². The molecule has 20 heavy (non-hydrogen) atoms. The molecule has 0 saturated carbocycles. The van der Waals surface area contributed by atoms with Gasteiger partial charge in [0.05, 0.1) is 5.69 Å². The van der Waals surface area contributed by atoms with Gasteiger partial charge in [-0.3, -0.25) is 0 Å². The van der Waals surface area contributed by atoms with E-state index in [9.17, 15) is 5.26 Å². The zero-order valence-electron chi connectivity index (χ0n) is 10.6. The van der Waals surface area contributed by atoms with Gasteiger partial charge in [-0.05, 0) is 10.8 Å². The molecule has 1 aromatic heterocycles. The van der Waals surface area contributed by atoms with Crippen LogP contribution in [0, 0.1) is 11.3 Å². The van der Waals surface area contributed by atoms with Gasteiger partial charge in [-0.1, -0.05) is 42.5 Å². The van der Waals surface area contributed by atoms with Gasteiger partial charge >= 0.3 is 0 Å². The number of hydrogen-bond donors (Lipinski definition) is 2. The lowest BCUT2D eigenvalue weighted by Gasteiger charge is -2.14. The first-order valence-electron chi connectivity index (χ1n) is 6.06. The summed E-state index contributed by atoms with van der Waals surface area (Å²) in [7, 11) is -0.704. The number of nitrogen functional groups attached to an aromatic ring is 1. The lowest BCUT2D eigenvalue weighted by molar-refractivity contribution is 1.05. The molecular weight excluding hydrogens is 268 g/mol. The summed E-state index contributed by atoms with van der Waals surface area (Å²) in [5.74, 6) is 0.203. The number of anilines is 1. The number of benzene rings is 1. The third kappa shape index (κ3) is 2.17. The van der Waals surface area contributed by atoms with E-state index >= 15 is 0 Å². The van der Waals surface area contributed by atoms with Gasteiger partial charge in [0.25, 0.3) is 0 Å². The predicted molar refractivity (Wildman–Crippen MR) is 82.1 cm³/mol. The molecule has 2 N–H and O–H groups in total. The van der Waals surface area contributed by atoms with Crippen molar-refractivity contribution >= 4 is 16.8 Å². The number of rotatable bonds is 2. The lowest BCUT2D eigenvalue weighted by Crippen LogP contribution is -2.03. The minimum atomic E-state index is -0.704. The minimum absolute atomic E-state index is 0.203. The molecule has 0 aliphatic carbocycles. The monoisotopic (exact) mass is 280 g/mol. The molecule has 2 heterocycles. The van der Waals surface area contributed by atoms with Crippen molar-refractivity contribution in [1.29, 1.82) is 5.26 Å². The Hall–Kier alpha value is -2.58. The van der Waals surface area contributed by atoms with Crippen molar-refractivity contribution in [3.63, 3.8) is 0 Å². The van der Waals surface area contributed by atoms with E-state index in [2.05, 4.69) is 16.0 Å². The number of thiol groups is 1. The molecule has 1 aromatic carbocycles. The minimum Gasteiger partial charge on any atom is -0.368 e. The molecule has 0 fully saturated rings. The highest BCUT2D eigenvalue weighted by molar-refractivity contribution is 8.22. The molecule has 3 rings (SSSR count). The van der Waals surface area contributed by atoms with Crippen LogP contribution < -0.4 is 5.73 Å². The van der Waals surface area contributed by atoms with Crippen LogP contribution in [0.3, 0.4) is 0 Å². The average Bonchev–Trinajstić information content (AvgIpc) is 3.01. The smallest absolute Gasteiger partial charge is 0.221 e. The molecule has 4 nitrogen and oxygen atoms in total. The van der Waals surface area contributed by atoms with Crippen LogP contribution in [0.4, 0.5) is 5.95 Å². The number of nitrogens with two attached hydrogens (primary N) is 1. The van der Waals surface area contributed by atoms with Crippen LogP contribution in [0.25, 0.3) is 11.3 Å². The van der Waals surface area contributed by atoms with Crippen LogP contribution in [-0.2, 0) is 0 Å². The molecule has 0 radical (unpaired) electrons. The Morgan fingerprint density at radius 1 is 1.05 bits per heavy atom. The number of aromatic nitrogens is 2. The maximum Gasteiger partial charge on any atom is 0.221 e. The van der Waals surface area contributed by atoms with E-state index in [-0.39, 0.29) is 5.95 Å². The number of nitrogens with zero attached hydrogens (tertiary/aromatic N) is 3. The topological polar surface area (TPSA) is 75.6 Å². The largest absolute Gasteiger partial charge is 0.368 e. The van der Waals surface area contributed by atoms with Gasteiger partial charge in [0, 0.05) is 5.56 Å². The molecule has 1 aliphatic rings. The second-order valence-electron chi connectivity index (χ2n) is 4.20. The summed E-state index contributed by atoms with van der Waals surface area (Å²) in [6, 6.07) is 11.8. The summed E-state index contributed by atoms with van der Waals surface area (Å²) in [5.41, 5.74) is 7.81. The van der Waals surface area contributed by atoms with E-state index in [0.29, 0.717) is 11.3 Å². The maximum absolute atomic E-state index is 9.50. The summed E-state index contributed by atoms with van der Waals surface area (Å²) in [6.07, 6.45) is 3.93. The quantitative estimate of drug-likeness (QED) is 0.655. The molecule has 2 aromatic rings. The second-order valence-corrected chi connectivity index (χ2v) is 6.03. The van der Waals surface area contributed by atoms with Gasteiger partial charge < -0.3 is 5.73 Å². The number of hydrogen-bond acceptors (Lipinski definition) is 4. The molecular formula is C15H12N4S. The molecule has 1 aliphatic heterocycles. The number of allylic oxidation sites excluding steroid dienone is 2. The van der Waals surface area contributed by atoms with Crippen molar-refractivity contribution in [1.82, 2.24) is 9.97 Å². The van der Waals surface area contributed by atoms with Crippen molar-refractivity contribution in [2.75, 3.05) is 5.73 Å². The van der Waals surface area contributed by atoms with E-state index in [1.807, 2.05) is 53.3 Å². The van der Waals surface area contributed by atoms with Crippen LogP contribution in [0.2, 0.25) is 0 Å². The molecule has 0 bridgehead atoms. The van der Waals surface area contributed by atoms with Crippen LogP contribution in [-0.4, -0.2) is 9.97 Å². The zero-order chi connectivity index (χ0) is 13.9. The maximum atomic E-state index is 9.50.